The normalized spacial score (nSPS) is 19.1. The molecule has 0 saturated carbocycles. The van der Waals surface area contributed by atoms with E-state index in [2.05, 4.69) is 22.8 Å². The lowest BCUT2D eigenvalue weighted by Gasteiger charge is -2.11. The summed E-state index contributed by atoms with van der Waals surface area (Å²) in [5, 5.41) is 7.02. The first-order valence-corrected chi connectivity index (χ1v) is 7.04. The van der Waals surface area contributed by atoms with Crippen molar-refractivity contribution in [3.05, 3.63) is 29.8 Å². The first-order valence-electron chi connectivity index (χ1n) is 7.04. The molecular formula is C15H24N2O. The van der Waals surface area contributed by atoms with E-state index < -0.39 is 0 Å². The zero-order chi connectivity index (χ0) is 12.6. The molecule has 0 radical (unpaired) electrons. The van der Waals surface area contributed by atoms with Crippen molar-refractivity contribution >= 4 is 0 Å². The minimum absolute atomic E-state index is 0.728. The van der Waals surface area contributed by atoms with Crippen LogP contribution in [0.5, 0.6) is 5.75 Å². The molecule has 1 unspecified atom stereocenters. The lowest BCUT2D eigenvalue weighted by Crippen LogP contribution is -2.26. The molecule has 3 nitrogen and oxygen atoms in total. The summed E-state index contributed by atoms with van der Waals surface area (Å²) >= 11 is 0. The predicted molar refractivity (Wildman–Crippen MR) is 75.0 cm³/mol. The Bertz CT molecular complexity index is 331. The summed E-state index contributed by atoms with van der Waals surface area (Å²) in [5.41, 5.74) is 1.32. The topological polar surface area (TPSA) is 33.3 Å². The second kappa shape index (κ2) is 7.39. The Balaban J connectivity index is 1.63. The molecule has 100 valence electrons. The first kappa shape index (κ1) is 13.4. The third-order valence-electron chi connectivity index (χ3n) is 3.40. The molecule has 1 aliphatic heterocycles. The van der Waals surface area contributed by atoms with E-state index in [9.17, 15) is 0 Å². The van der Waals surface area contributed by atoms with Crippen LogP contribution in [0.25, 0.3) is 0 Å². The van der Waals surface area contributed by atoms with E-state index in [0.29, 0.717) is 0 Å². The van der Waals surface area contributed by atoms with Gasteiger partial charge in [0.2, 0.25) is 0 Å². The highest BCUT2D eigenvalue weighted by Gasteiger charge is 2.12. The van der Waals surface area contributed by atoms with Gasteiger partial charge in [-0.1, -0.05) is 12.1 Å². The summed E-state index contributed by atoms with van der Waals surface area (Å²) in [6.07, 6.45) is 3.91. The van der Waals surface area contributed by atoms with Crippen LogP contribution in [-0.4, -0.2) is 25.7 Å². The van der Waals surface area contributed by atoms with E-state index in [1.807, 2.05) is 19.1 Å². The molecule has 1 heterocycles. The van der Waals surface area contributed by atoms with Gasteiger partial charge in [-0.05, 0) is 57.0 Å². The van der Waals surface area contributed by atoms with Crippen LogP contribution in [0.4, 0.5) is 0 Å². The molecule has 1 aliphatic rings. The van der Waals surface area contributed by atoms with Crippen molar-refractivity contribution in [2.75, 3.05) is 19.7 Å². The van der Waals surface area contributed by atoms with Gasteiger partial charge in [-0.3, -0.25) is 0 Å². The fourth-order valence-corrected chi connectivity index (χ4v) is 2.38. The molecule has 1 fully saturated rings. The lowest BCUT2D eigenvalue weighted by atomic mass is 10.1. The highest BCUT2D eigenvalue weighted by molar-refractivity contribution is 5.27. The maximum absolute atomic E-state index is 5.43. The summed E-state index contributed by atoms with van der Waals surface area (Å²) in [5.74, 6) is 0.955. The van der Waals surface area contributed by atoms with Gasteiger partial charge in [0.1, 0.15) is 5.75 Å². The van der Waals surface area contributed by atoms with Gasteiger partial charge in [-0.2, -0.15) is 0 Å². The fraction of sp³-hybridized carbons (Fsp3) is 0.600. The predicted octanol–water partition coefficient (Wildman–Crippen LogP) is 2.32. The van der Waals surface area contributed by atoms with Crippen LogP contribution in [0.15, 0.2) is 24.3 Å². The molecule has 1 saturated heterocycles. The molecular weight excluding hydrogens is 224 g/mol. The zero-order valence-corrected chi connectivity index (χ0v) is 11.2. The van der Waals surface area contributed by atoms with E-state index in [-0.39, 0.29) is 0 Å². The number of hydrogen-bond acceptors (Lipinski definition) is 3. The number of benzene rings is 1. The van der Waals surface area contributed by atoms with E-state index in [1.165, 1.54) is 31.4 Å². The van der Waals surface area contributed by atoms with Crippen LogP contribution in [0.1, 0.15) is 31.7 Å². The van der Waals surface area contributed by atoms with Gasteiger partial charge < -0.3 is 15.4 Å². The molecule has 1 aromatic rings. The largest absolute Gasteiger partial charge is 0.494 e. The highest BCUT2D eigenvalue weighted by atomic mass is 16.5. The Morgan fingerprint density at radius 1 is 1.33 bits per heavy atom. The smallest absolute Gasteiger partial charge is 0.119 e. The number of hydrogen-bond donors (Lipinski definition) is 2. The number of nitrogens with one attached hydrogen (secondary N) is 2. The molecule has 1 aromatic carbocycles. The van der Waals surface area contributed by atoms with Crippen LogP contribution >= 0.6 is 0 Å². The quantitative estimate of drug-likeness (QED) is 0.727. The van der Waals surface area contributed by atoms with Crippen molar-refractivity contribution in [2.45, 2.75) is 38.8 Å². The summed E-state index contributed by atoms with van der Waals surface area (Å²) in [6, 6.07) is 9.08. The van der Waals surface area contributed by atoms with E-state index in [0.717, 1.165) is 31.5 Å². The van der Waals surface area contributed by atoms with Crippen molar-refractivity contribution in [3.8, 4) is 5.75 Å². The second-order valence-electron chi connectivity index (χ2n) is 4.84. The third-order valence-corrected chi connectivity index (χ3v) is 3.40. The summed E-state index contributed by atoms with van der Waals surface area (Å²) < 4.78 is 5.43. The van der Waals surface area contributed by atoms with Gasteiger partial charge in [-0.15, -0.1) is 0 Å². The minimum Gasteiger partial charge on any atom is -0.494 e. The van der Waals surface area contributed by atoms with Gasteiger partial charge in [0.15, 0.2) is 0 Å². The van der Waals surface area contributed by atoms with Crippen LogP contribution in [-0.2, 0) is 6.54 Å². The molecule has 0 amide bonds. The Morgan fingerprint density at radius 3 is 2.83 bits per heavy atom. The Morgan fingerprint density at radius 2 is 2.17 bits per heavy atom. The molecule has 2 N–H and O–H groups in total. The van der Waals surface area contributed by atoms with Crippen molar-refractivity contribution in [1.29, 1.82) is 0 Å². The van der Waals surface area contributed by atoms with Crippen molar-refractivity contribution < 1.29 is 4.74 Å². The molecule has 1 atom stereocenters. The first-order chi connectivity index (χ1) is 8.88. The van der Waals surface area contributed by atoms with E-state index in [1.54, 1.807) is 0 Å². The maximum atomic E-state index is 5.43. The minimum atomic E-state index is 0.728. The van der Waals surface area contributed by atoms with Crippen molar-refractivity contribution in [1.82, 2.24) is 10.6 Å². The van der Waals surface area contributed by atoms with Crippen LogP contribution in [0.3, 0.4) is 0 Å². The molecule has 3 heteroatoms. The molecule has 0 bridgehead atoms. The SMILES string of the molecule is CCOc1ccc(CNCCC2CCCN2)cc1. The summed E-state index contributed by atoms with van der Waals surface area (Å²) in [6.45, 7) is 5.96. The fourth-order valence-electron chi connectivity index (χ4n) is 2.38. The zero-order valence-electron chi connectivity index (χ0n) is 11.2. The molecule has 0 aromatic heterocycles. The average molecular weight is 248 g/mol. The summed E-state index contributed by atoms with van der Waals surface area (Å²) in [4.78, 5) is 0. The van der Waals surface area contributed by atoms with Crippen LogP contribution < -0.4 is 15.4 Å². The summed E-state index contributed by atoms with van der Waals surface area (Å²) in [7, 11) is 0. The van der Waals surface area contributed by atoms with Gasteiger partial charge >= 0.3 is 0 Å². The Hall–Kier alpha value is -1.06. The molecule has 2 rings (SSSR count). The molecule has 18 heavy (non-hydrogen) atoms. The van der Waals surface area contributed by atoms with Crippen molar-refractivity contribution in [2.24, 2.45) is 0 Å². The third kappa shape index (κ3) is 4.31. The van der Waals surface area contributed by atoms with E-state index >= 15 is 0 Å². The van der Waals surface area contributed by atoms with Gasteiger partial charge in [0.25, 0.3) is 0 Å². The van der Waals surface area contributed by atoms with Crippen molar-refractivity contribution in [3.63, 3.8) is 0 Å². The van der Waals surface area contributed by atoms with E-state index in [4.69, 9.17) is 4.74 Å². The number of rotatable bonds is 7. The second-order valence-corrected chi connectivity index (χ2v) is 4.84. The van der Waals surface area contributed by atoms with Gasteiger partial charge in [-0.25, -0.2) is 0 Å². The number of ether oxygens (including phenoxy) is 1. The maximum Gasteiger partial charge on any atom is 0.119 e. The molecule has 0 aliphatic carbocycles. The lowest BCUT2D eigenvalue weighted by molar-refractivity contribution is 0.340. The van der Waals surface area contributed by atoms with Gasteiger partial charge in [0.05, 0.1) is 6.61 Å². The highest BCUT2D eigenvalue weighted by Crippen LogP contribution is 2.12. The van der Waals surface area contributed by atoms with Crippen LogP contribution in [0, 0.1) is 0 Å². The van der Waals surface area contributed by atoms with Crippen LogP contribution in [0.2, 0.25) is 0 Å². The Labute approximate surface area is 110 Å². The monoisotopic (exact) mass is 248 g/mol. The Kier molecular flexibility index (Phi) is 5.49. The van der Waals surface area contributed by atoms with Gasteiger partial charge in [0, 0.05) is 12.6 Å². The standard InChI is InChI=1S/C15H24N2O/c1-2-18-15-7-5-13(6-8-15)12-16-11-9-14-4-3-10-17-14/h5-8,14,16-17H,2-4,9-12H2,1H3. The molecule has 0 spiro atoms. The average Bonchev–Trinajstić information content (AvgIpc) is 2.90.